The molecule has 0 spiro atoms. The van der Waals surface area contributed by atoms with Crippen LogP contribution in [-0.4, -0.2) is 0 Å². The van der Waals surface area contributed by atoms with Gasteiger partial charge in [0.25, 0.3) is 0 Å². The third kappa shape index (κ3) is 3.03. The van der Waals surface area contributed by atoms with E-state index >= 15 is 0 Å². The van der Waals surface area contributed by atoms with Crippen LogP contribution >= 0.6 is 0 Å². The first-order chi connectivity index (χ1) is 6.45. The summed E-state index contributed by atoms with van der Waals surface area (Å²) < 4.78 is 0. The zero-order chi connectivity index (χ0) is 8.67. The Bertz CT molecular complexity index is 263. The van der Waals surface area contributed by atoms with Crippen molar-refractivity contribution >= 4 is 0 Å². The molecule has 0 aromatic carbocycles. The van der Waals surface area contributed by atoms with E-state index in [0.717, 1.165) is 23.7 Å². The predicted octanol–water partition coefficient (Wildman–Crippen LogP) is -2.63. The van der Waals surface area contributed by atoms with Gasteiger partial charge in [0.2, 0.25) is 0 Å². The average molecular weight is 423 g/mol. The number of hydrogen-bond donors (Lipinski definition) is 0. The van der Waals surface area contributed by atoms with E-state index in [1.165, 1.54) is 25.7 Å². The van der Waals surface area contributed by atoms with Crippen LogP contribution in [0, 0.1) is 30.1 Å². The monoisotopic (exact) mass is 423 g/mol. The zero-order valence-electron chi connectivity index (χ0n) is 9.28. The third-order valence-corrected chi connectivity index (χ3v) is 4.06. The number of allylic oxidation sites excluding steroid dienone is 4. The van der Waals surface area contributed by atoms with Crippen LogP contribution in [0.4, 0.5) is 0 Å². The van der Waals surface area contributed by atoms with Crippen molar-refractivity contribution in [1.82, 2.24) is 0 Å². The summed E-state index contributed by atoms with van der Waals surface area (Å²) in [4.78, 5) is 0. The number of rotatable bonds is 0. The van der Waals surface area contributed by atoms with Crippen molar-refractivity contribution in [3.05, 3.63) is 30.7 Å². The Labute approximate surface area is 130 Å². The topological polar surface area (TPSA) is 0 Å². The largest absolute Gasteiger partial charge is 1.00 e. The summed E-state index contributed by atoms with van der Waals surface area (Å²) in [6.45, 7) is 0. The summed E-state index contributed by atoms with van der Waals surface area (Å²) in [7, 11) is 0. The van der Waals surface area contributed by atoms with Gasteiger partial charge in [-0.1, -0.05) is 49.8 Å². The Morgan fingerprint density at radius 2 is 1.62 bits per heavy atom. The van der Waals surface area contributed by atoms with E-state index < -0.39 is 0 Å². The smallest absolute Gasteiger partial charge is 0 e. The maximum Gasteiger partial charge on any atom is 0 e. The van der Waals surface area contributed by atoms with Gasteiger partial charge in [-0.15, -0.1) is 12.0 Å². The quantitative estimate of drug-likeness (QED) is 0.296. The summed E-state index contributed by atoms with van der Waals surface area (Å²) in [5.41, 5.74) is 0. The fourth-order valence-corrected chi connectivity index (χ4v) is 3.45. The van der Waals surface area contributed by atoms with Gasteiger partial charge in [-0.25, -0.2) is 0 Å². The summed E-state index contributed by atoms with van der Waals surface area (Å²) in [5.74, 6) is 3.56. The Morgan fingerprint density at radius 1 is 0.938 bits per heavy atom. The van der Waals surface area contributed by atoms with Gasteiger partial charge < -0.3 is 31.2 Å². The van der Waals surface area contributed by atoms with Crippen molar-refractivity contribution in [3.63, 3.8) is 0 Å². The molecule has 3 aliphatic rings. The minimum absolute atomic E-state index is 0. The van der Waals surface area contributed by atoms with Crippen molar-refractivity contribution in [2.45, 2.75) is 25.7 Å². The summed E-state index contributed by atoms with van der Waals surface area (Å²) in [6, 6.07) is 0. The van der Waals surface area contributed by atoms with Crippen LogP contribution in [0.1, 0.15) is 25.7 Å². The standard InChI is InChI=1S/C13H17.2ClH.Hf/c1-3-7-12-10(5-1)9-11-6-2-4-8-13(11)12;;;/h1,3,5,7,9-13H,2,4,6,8H2;2*1H;/q-1;;;/p-2. The van der Waals surface area contributed by atoms with Crippen LogP contribution in [0.15, 0.2) is 24.3 Å². The van der Waals surface area contributed by atoms with Gasteiger partial charge in [0, 0.05) is 25.8 Å². The fourth-order valence-electron chi connectivity index (χ4n) is 3.45. The molecule has 0 aromatic rings. The van der Waals surface area contributed by atoms with E-state index in [9.17, 15) is 0 Å². The van der Waals surface area contributed by atoms with Crippen molar-refractivity contribution in [2.24, 2.45) is 23.7 Å². The van der Waals surface area contributed by atoms with Crippen LogP contribution in [-0.2, 0) is 25.8 Å². The first-order valence-corrected chi connectivity index (χ1v) is 5.65. The molecule has 0 nitrogen and oxygen atoms in total. The molecule has 16 heavy (non-hydrogen) atoms. The zero-order valence-corrected chi connectivity index (χ0v) is 14.4. The number of fused-ring (bicyclic) bond motifs is 3. The molecule has 90 valence electrons. The molecule has 2 saturated carbocycles. The number of halogens is 2. The molecule has 4 unspecified atom stereocenters. The second kappa shape index (κ2) is 7.38. The van der Waals surface area contributed by atoms with E-state index in [2.05, 4.69) is 30.7 Å². The Balaban J connectivity index is 0.000000750. The van der Waals surface area contributed by atoms with Crippen LogP contribution in [0.25, 0.3) is 0 Å². The van der Waals surface area contributed by atoms with E-state index in [1.807, 2.05) is 0 Å². The van der Waals surface area contributed by atoms with E-state index in [4.69, 9.17) is 0 Å². The predicted molar refractivity (Wildman–Crippen MR) is 55.0 cm³/mol. The molecule has 4 atom stereocenters. The molecule has 0 radical (unpaired) electrons. The molecule has 0 aliphatic heterocycles. The molecule has 0 amide bonds. The molecule has 3 heteroatoms. The maximum atomic E-state index is 2.62. The van der Waals surface area contributed by atoms with Crippen molar-refractivity contribution in [3.8, 4) is 0 Å². The maximum absolute atomic E-state index is 2.62. The fraction of sp³-hybridized carbons (Fsp3) is 0.615. The molecule has 0 bridgehead atoms. The van der Waals surface area contributed by atoms with E-state index in [0.29, 0.717) is 0 Å². The van der Waals surface area contributed by atoms with Crippen LogP contribution < -0.4 is 24.8 Å². The second-order valence-corrected chi connectivity index (χ2v) is 4.73. The molecule has 3 rings (SSSR count). The molecule has 0 N–H and O–H groups in total. The third-order valence-electron chi connectivity index (χ3n) is 4.06. The van der Waals surface area contributed by atoms with Gasteiger partial charge in [-0.3, -0.25) is 0 Å². The Hall–Kier alpha value is 0.930. The summed E-state index contributed by atoms with van der Waals surface area (Å²) in [6.07, 6.45) is 17.8. The number of hydrogen-bond acceptors (Lipinski definition) is 0. The van der Waals surface area contributed by atoms with Crippen LogP contribution in [0.2, 0.25) is 0 Å². The second-order valence-electron chi connectivity index (χ2n) is 4.73. The van der Waals surface area contributed by atoms with Gasteiger partial charge >= 0.3 is 0 Å². The summed E-state index contributed by atoms with van der Waals surface area (Å²) >= 11 is 0. The van der Waals surface area contributed by atoms with E-state index in [-0.39, 0.29) is 50.7 Å². The molecule has 2 fully saturated rings. The Morgan fingerprint density at radius 3 is 2.44 bits per heavy atom. The van der Waals surface area contributed by atoms with Gasteiger partial charge in [-0.2, -0.15) is 5.92 Å². The minimum atomic E-state index is 0. The van der Waals surface area contributed by atoms with E-state index in [1.54, 1.807) is 0 Å². The van der Waals surface area contributed by atoms with Crippen molar-refractivity contribution in [1.29, 1.82) is 0 Å². The van der Waals surface area contributed by atoms with Crippen molar-refractivity contribution < 1.29 is 50.7 Å². The van der Waals surface area contributed by atoms with Crippen molar-refractivity contribution in [2.75, 3.05) is 0 Å². The van der Waals surface area contributed by atoms with Gasteiger partial charge in [0.05, 0.1) is 0 Å². The van der Waals surface area contributed by atoms with Gasteiger partial charge in [0.1, 0.15) is 0 Å². The van der Waals surface area contributed by atoms with Crippen LogP contribution in [0.3, 0.4) is 0 Å². The van der Waals surface area contributed by atoms with Gasteiger partial charge in [-0.05, 0) is 5.92 Å². The SMILES string of the molecule is C1=CC2[CH-]C3CCCCC3C2C=C1.[Cl-].[Cl-].[Hf]. The molecular weight excluding hydrogens is 406 g/mol. The normalized spacial score (nSPS) is 38.5. The summed E-state index contributed by atoms with van der Waals surface area (Å²) in [5, 5.41) is 0. The first-order valence-electron chi connectivity index (χ1n) is 5.65. The first kappa shape index (κ1) is 16.9. The minimum Gasteiger partial charge on any atom is -1.00 e. The molecule has 0 heterocycles. The molecule has 3 aliphatic carbocycles. The molecule has 0 aromatic heterocycles. The van der Waals surface area contributed by atoms with Gasteiger partial charge in [0.15, 0.2) is 0 Å². The average Bonchev–Trinajstić information content (AvgIpc) is 2.56. The molecular formula is C13H17Cl2Hf-3. The Kier molecular flexibility index (Phi) is 7.81. The van der Waals surface area contributed by atoms with Crippen LogP contribution in [0.5, 0.6) is 0 Å². The molecule has 0 saturated heterocycles.